The van der Waals surface area contributed by atoms with Gasteiger partial charge in [0.1, 0.15) is 11.6 Å². The molecular weight excluding hydrogens is 330 g/mol. The Morgan fingerprint density at radius 2 is 2.08 bits per heavy atom. The Morgan fingerprint density at radius 1 is 1.31 bits per heavy atom. The SMILES string of the molecule is Cc1ccccc1-c1cc2cc(NC(=O)N[C@H](C)CO)ncc2c(N)n1. The van der Waals surface area contributed by atoms with E-state index < -0.39 is 6.03 Å². The van der Waals surface area contributed by atoms with Crippen molar-refractivity contribution in [2.24, 2.45) is 0 Å². The summed E-state index contributed by atoms with van der Waals surface area (Å²) in [6.45, 7) is 3.58. The van der Waals surface area contributed by atoms with Crippen LogP contribution in [0.5, 0.6) is 0 Å². The van der Waals surface area contributed by atoms with Gasteiger partial charge in [-0.05, 0) is 36.9 Å². The molecule has 3 rings (SSSR count). The molecule has 5 N–H and O–H groups in total. The van der Waals surface area contributed by atoms with Gasteiger partial charge < -0.3 is 16.2 Å². The van der Waals surface area contributed by atoms with E-state index in [1.54, 1.807) is 19.2 Å². The van der Waals surface area contributed by atoms with E-state index in [4.69, 9.17) is 10.8 Å². The van der Waals surface area contributed by atoms with Crippen molar-refractivity contribution in [2.45, 2.75) is 19.9 Å². The highest BCUT2D eigenvalue weighted by Crippen LogP contribution is 2.28. The summed E-state index contributed by atoms with van der Waals surface area (Å²) in [6.07, 6.45) is 1.59. The number of aliphatic hydroxyl groups excluding tert-OH is 1. The first-order valence-corrected chi connectivity index (χ1v) is 8.28. The Labute approximate surface area is 151 Å². The summed E-state index contributed by atoms with van der Waals surface area (Å²) in [5.74, 6) is 0.777. The number of urea groups is 1. The summed E-state index contributed by atoms with van der Waals surface area (Å²) >= 11 is 0. The van der Waals surface area contributed by atoms with Crippen LogP contribution in [0.1, 0.15) is 12.5 Å². The van der Waals surface area contributed by atoms with Crippen molar-refractivity contribution >= 4 is 28.4 Å². The molecule has 7 nitrogen and oxygen atoms in total. The summed E-state index contributed by atoms with van der Waals surface area (Å²) in [5, 5.41) is 15.8. The number of hydrogen-bond donors (Lipinski definition) is 4. The molecule has 0 unspecified atom stereocenters. The molecule has 0 fully saturated rings. The Bertz CT molecular complexity index is 958. The lowest BCUT2D eigenvalue weighted by Crippen LogP contribution is -2.38. The number of nitrogens with one attached hydrogen (secondary N) is 2. The minimum Gasteiger partial charge on any atom is -0.394 e. The normalized spacial score (nSPS) is 12.0. The molecule has 0 radical (unpaired) electrons. The zero-order valence-electron chi connectivity index (χ0n) is 14.7. The molecule has 0 bridgehead atoms. The lowest BCUT2D eigenvalue weighted by molar-refractivity contribution is 0.229. The number of carbonyl (C=O) groups excluding carboxylic acids is 1. The minimum atomic E-state index is -0.431. The van der Waals surface area contributed by atoms with Crippen LogP contribution in [-0.4, -0.2) is 33.8 Å². The third-order valence-electron chi connectivity index (χ3n) is 4.06. The van der Waals surface area contributed by atoms with Gasteiger partial charge in [-0.25, -0.2) is 14.8 Å². The molecule has 1 aromatic carbocycles. The van der Waals surface area contributed by atoms with Gasteiger partial charge in [0, 0.05) is 17.1 Å². The Morgan fingerprint density at radius 3 is 2.81 bits per heavy atom. The van der Waals surface area contributed by atoms with Crippen LogP contribution in [0.3, 0.4) is 0 Å². The number of nitrogens with zero attached hydrogens (tertiary/aromatic N) is 2. The van der Waals surface area contributed by atoms with Crippen LogP contribution in [0.4, 0.5) is 16.4 Å². The lowest BCUT2D eigenvalue weighted by Gasteiger charge is -2.12. The number of pyridine rings is 2. The number of aryl methyl sites for hydroxylation is 1. The van der Waals surface area contributed by atoms with Crippen molar-refractivity contribution in [3.63, 3.8) is 0 Å². The first-order valence-electron chi connectivity index (χ1n) is 8.28. The Kier molecular flexibility index (Phi) is 4.99. The topological polar surface area (TPSA) is 113 Å². The molecule has 0 aliphatic rings. The largest absolute Gasteiger partial charge is 0.394 e. The van der Waals surface area contributed by atoms with Crippen molar-refractivity contribution in [1.82, 2.24) is 15.3 Å². The zero-order valence-corrected chi connectivity index (χ0v) is 14.7. The number of anilines is 2. The van der Waals surface area contributed by atoms with E-state index in [-0.39, 0.29) is 12.6 Å². The number of nitrogens with two attached hydrogens (primary N) is 1. The fraction of sp³-hybridized carbons (Fsp3) is 0.211. The summed E-state index contributed by atoms with van der Waals surface area (Å²) < 4.78 is 0. The van der Waals surface area contributed by atoms with Gasteiger partial charge in [0.05, 0.1) is 18.3 Å². The molecule has 1 atom stereocenters. The molecule has 2 aromatic heterocycles. The van der Waals surface area contributed by atoms with E-state index >= 15 is 0 Å². The number of amides is 2. The van der Waals surface area contributed by atoms with E-state index in [0.717, 1.165) is 27.6 Å². The molecule has 2 heterocycles. The zero-order chi connectivity index (χ0) is 18.7. The monoisotopic (exact) mass is 351 g/mol. The van der Waals surface area contributed by atoms with Crippen LogP contribution in [-0.2, 0) is 0 Å². The maximum absolute atomic E-state index is 11.9. The number of aromatic nitrogens is 2. The number of carbonyl (C=O) groups is 1. The minimum absolute atomic E-state index is 0.138. The fourth-order valence-corrected chi connectivity index (χ4v) is 2.66. The third kappa shape index (κ3) is 3.73. The smallest absolute Gasteiger partial charge is 0.320 e. The molecule has 0 aliphatic heterocycles. The molecule has 26 heavy (non-hydrogen) atoms. The van der Waals surface area contributed by atoms with Crippen molar-refractivity contribution in [1.29, 1.82) is 0 Å². The Balaban J connectivity index is 1.95. The van der Waals surface area contributed by atoms with Gasteiger partial charge in [-0.2, -0.15) is 0 Å². The number of hydrogen-bond acceptors (Lipinski definition) is 5. The van der Waals surface area contributed by atoms with Crippen LogP contribution in [0.15, 0.2) is 42.6 Å². The van der Waals surface area contributed by atoms with Crippen LogP contribution in [0, 0.1) is 6.92 Å². The molecule has 3 aromatic rings. The average Bonchev–Trinajstić information content (AvgIpc) is 2.61. The van der Waals surface area contributed by atoms with Crippen molar-refractivity contribution in [2.75, 3.05) is 17.7 Å². The highest BCUT2D eigenvalue weighted by molar-refractivity contribution is 5.97. The number of benzene rings is 1. The molecule has 134 valence electrons. The molecular formula is C19H21N5O2. The van der Waals surface area contributed by atoms with Gasteiger partial charge in [-0.3, -0.25) is 5.32 Å². The van der Waals surface area contributed by atoms with Crippen molar-refractivity contribution < 1.29 is 9.90 Å². The highest BCUT2D eigenvalue weighted by Gasteiger charge is 2.11. The summed E-state index contributed by atoms with van der Waals surface area (Å²) in [6, 6.07) is 10.8. The maximum Gasteiger partial charge on any atom is 0.320 e. The molecule has 2 amide bonds. The quantitative estimate of drug-likeness (QED) is 0.577. The van der Waals surface area contributed by atoms with E-state index in [0.29, 0.717) is 11.6 Å². The first-order chi connectivity index (χ1) is 12.5. The van der Waals surface area contributed by atoms with E-state index in [1.807, 2.05) is 37.3 Å². The molecule has 0 saturated heterocycles. The van der Waals surface area contributed by atoms with Crippen molar-refractivity contribution in [3.8, 4) is 11.3 Å². The second kappa shape index (κ2) is 7.37. The van der Waals surface area contributed by atoms with Gasteiger partial charge in [-0.15, -0.1) is 0 Å². The van der Waals surface area contributed by atoms with Gasteiger partial charge >= 0.3 is 6.03 Å². The average molecular weight is 351 g/mol. The molecule has 7 heteroatoms. The Hall–Kier alpha value is -3.19. The van der Waals surface area contributed by atoms with Crippen molar-refractivity contribution in [3.05, 3.63) is 48.2 Å². The number of nitrogen functional groups attached to an aromatic ring is 1. The fourth-order valence-electron chi connectivity index (χ4n) is 2.66. The first kappa shape index (κ1) is 17.6. The van der Waals surface area contributed by atoms with Gasteiger partial charge in [0.2, 0.25) is 0 Å². The molecule has 0 aliphatic carbocycles. The summed E-state index contributed by atoms with van der Waals surface area (Å²) in [5.41, 5.74) is 8.97. The van der Waals surface area contributed by atoms with Crippen LogP contribution < -0.4 is 16.4 Å². The van der Waals surface area contributed by atoms with Gasteiger partial charge in [-0.1, -0.05) is 24.3 Å². The van der Waals surface area contributed by atoms with Crippen LogP contribution in [0.25, 0.3) is 22.0 Å². The third-order valence-corrected chi connectivity index (χ3v) is 4.06. The predicted octanol–water partition coefficient (Wildman–Crippen LogP) is 2.69. The standard InChI is InChI=1S/C19H21N5O2/c1-11-5-3-4-6-14(11)16-7-13-8-17(21-9-15(13)18(20)23-16)24-19(26)22-12(2)10-25/h3-9,12,25H,10H2,1-2H3,(H2,20,23)(H2,21,22,24,26)/t12-/m1/s1. The second-order valence-electron chi connectivity index (χ2n) is 6.18. The molecule has 0 spiro atoms. The van der Waals surface area contributed by atoms with E-state index in [2.05, 4.69) is 20.6 Å². The lowest BCUT2D eigenvalue weighted by atomic mass is 10.0. The van der Waals surface area contributed by atoms with Crippen LogP contribution >= 0.6 is 0 Å². The summed E-state index contributed by atoms with van der Waals surface area (Å²) in [4.78, 5) is 20.6. The van der Waals surface area contributed by atoms with Gasteiger partial charge in [0.25, 0.3) is 0 Å². The summed E-state index contributed by atoms with van der Waals surface area (Å²) in [7, 11) is 0. The number of aliphatic hydroxyl groups is 1. The number of fused-ring (bicyclic) bond motifs is 1. The van der Waals surface area contributed by atoms with Crippen LogP contribution in [0.2, 0.25) is 0 Å². The predicted molar refractivity (Wildman–Crippen MR) is 103 cm³/mol. The number of rotatable bonds is 4. The van der Waals surface area contributed by atoms with E-state index in [1.165, 1.54) is 0 Å². The second-order valence-corrected chi connectivity index (χ2v) is 6.18. The van der Waals surface area contributed by atoms with Gasteiger partial charge in [0.15, 0.2) is 0 Å². The highest BCUT2D eigenvalue weighted by atomic mass is 16.3. The molecule has 0 saturated carbocycles. The maximum atomic E-state index is 11.9. The van der Waals surface area contributed by atoms with E-state index in [9.17, 15) is 4.79 Å².